The summed E-state index contributed by atoms with van der Waals surface area (Å²) < 4.78 is 0. The van der Waals surface area contributed by atoms with Crippen LogP contribution in [0.1, 0.15) is 32.1 Å². The first-order chi connectivity index (χ1) is 10.7. The minimum absolute atomic E-state index is 0.136. The standard InChI is InChI=1S/C18H20N2O2/c21-17-12-16(20-14-9-5-2-6-10-14)18(22)11-15(17)19-13-7-3-1-4-8-13/h1,3-4,7-8,11-12,14,19-20H,2,5-6,9-10H2. The summed E-state index contributed by atoms with van der Waals surface area (Å²) in [5, 5.41) is 6.24. The zero-order chi connectivity index (χ0) is 15.4. The number of ketones is 2. The molecule has 2 aliphatic carbocycles. The number of anilines is 1. The number of rotatable bonds is 4. The van der Waals surface area contributed by atoms with E-state index in [1.54, 1.807) is 0 Å². The largest absolute Gasteiger partial charge is 0.379 e. The van der Waals surface area contributed by atoms with Gasteiger partial charge in [-0.15, -0.1) is 0 Å². The van der Waals surface area contributed by atoms with Crippen molar-refractivity contribution >= 4 is 17.3 Å². The lowest BCUT2D eigenvalue weighted by atomic mass is 9.94. The molecule has 0 unspecified atom stereocenters. The van der Waals surface area contributed by atoms with Crippen molar-refractivity contribution in [3.63, 3.8) is 0 Å². The molecule has 1 aromatic carbocycles. The third-order valence-electron chi connectivity index (χ3n) is 4.10. The highest BCUT2D eigenvalue weighted by atomic mass is 16.1. The van der Waals surface area contributed by atoms with E-state index in [0.717, 1.165) is 18.5 Å². The number of allylic oxidation sites excluding steroid dienone is 2. The lowest BCUT2D eigenvalue weighted by Crippen LogP contribution is -2.35. The van der Waals surface area contributed by atoms with Gasteiger partial charge in [-0.2, -0.15) is 0 Å². The zero-order valence-electron chi connectivity index (χ0n) is 12.5. The maximum absolute atomic E-state index is 12.2. The Labute approximate surface area is 130 Å². The highest BCUT2D eigenvalue weighted by Crippen LogP contribution is 2.20. The lowest BCUT2D eigenvalue weighted by molar-refractivity contribution is -0.115. The van der Waals surface area contributed by atoms with E-state index in [-0.39, 0.29) is 11.6 Å². The number of carbonyl (C=O) groups excluding carboxylic acids is 2. The summed E-state index contributed by atoms with van der Waals surface area (Å²) in [6.07, 6.45) is 8.57. The van der Waals surface area contributed by atoms with Gasteiger partial charge in [-0.25, -0.2) is 0 Å². The molecule has 1 saturated carbocycles. The van der Waals surface area contributed by atoms with Crippen LogP contribution < -0.4 is 10.6 Å². The molecule has 0 aromatic heterocycles. The monoisotopic (exact) mass is 296 g/mol. The van der Waals surface area contributed by atoms with E-state index >= 15 is 0 Å². The molecular weight excluding hydrogens is 276 g/mol. The second-order valence-corrected chi connectivity index (χ2v) is 5.81. The van der Waals surface area contributed by atoms with Crippen LogP contribution in [0.2, 0.25) is 0 Å². The van der Waals surface area contributed by atoms with Crippen molar-refractivity contribution in [1.29, 1.82) is 0 Å². The Balaban J connectivity index is 1.67. The first-order valence-electron chi connectivity index (χ1n) is 7.83. The van der Waals surface area contributed by atoms with Crippen LogP contribution in [0, 0.1) is 0 Å². The predicted octanol–water partition coefficient (Wildman–Crippen LogP) is 2.94. The summed E-state index contributed by atoms with van der Waals surface area (Å²) in [5.41, 5.74) is 1.55. The van der Waals surface area contributed by atoms with Crippen LogP contribution in [0.5, 0.6) is 0 Å². The molecule has 114 valence electrons. The maximum atomic E-state index is 12.2. The van der Waals surface area contributed by atoms with Crippen LogP contribution >= 0.6 is 0 Å². The fourth-order valence-electron chi connectivity index (χ4n) is 2.91. The van der Waals surface area contributed by atoms with Gasteiger partial charge in [-0.1, -0.05) is 37.5 Å². The average Bonchev–Trinajstić information content (AvgIpc) is 2.54. The molecule has 0 saturated heterocycles. The molecule has 0 radical (unpaired) electrons. The second kappa shape index (κ2) is 6.60. The van der Waals surface area contributed by atoms with Crippen LogP contribution in [-0.2, 0) is 9.59 Å². The molecule has 4 heteroatoms. The van der Waals surface area contributed by atoms with Crippen LogP contribution in [0.25, 0.3) is 0 Å². The summed E-state index contributed by atoms with van der Waals surface area (Å²) in [6, 6.07) is 9.69. The van der Waals surface area contributed by atoms with Gasteiger partial charge in [-0.3, -0.25) is 9.59 Å². The molecule has 0 bridgehead atoms. The number of para-hydroxylation sites is 1. The molecular formula is C18H20N2O2. The van der Waals surface area contributed by atoms with Crippen molar-refractivity contribution in [2.45, 2.75) is 38.1 Å². The number of nitrogens with one attached hydrogen (secondary N) is 2. The minimum atomic E-state index is -0.165. The first kappa shape index (κ1) is 14.6. The Bertz CT molecular complexity index is 626. The number of benzene rings is 1. The van der Waals surface area contributed by atoms with E-state index in [0.29, 0.717) is 17.4 Å². The van der Waals surface area contributed by atoms with Crippen LogP contribution in [-0.4, -0.2) is 17.6 Å². The van der Waals surface area contributed by atoms with Crippen LogP contribution in [0.4, 0.5) is 5.69 Å². The Kier molecular flexibility index (Phi) is 4.37. The molecule has 4 nitrogen and oxygen atoms in total. The molecule has 3 rings (SSSR count). The third-order valence-corrected chi connectivity index (χ3v) is 4.10. The van der Waals surface area contributed by atoms with Crippen molar-refractivity contribution in [2.24, 2.45) is 0 Å². The zero-order valence-corrected chi connectivity index (χ0v) is 12.5. The van der Waals surface area contributed by atoms with Crippen molar-refractivity contribution in [1.82, 2.24) is 5.32 Å². The molecule has 0 amide bonds. The molecule has 1 fully saturated rings. The minimum Gasteiger partial charge on any atom is -0.379 e. The lowest BCUT2D eigenvalue weighted by Gasteiger charge is -2.25. The van der Waals surface area contributed by atoms with E-state index in [1.165, 1.54) is 31.4 Å². The smallest absolute Gasteiger partial charge is 0.204 e. The van der Waals surface area contributed by atoms with Gasteiger partial charge in [0.15, 0.2) is 0 Å². The van der Waals surface area contributed by atoms with Gasteiger partial charge in [0, 0.05) is 23.9 Å². The van der Waals surface area contributed by atoms with Gasteiger partial charge >= 0.3 is 0 Å². The van der Waals surface area contributed by atoms with E-state index in [2.05, 4.69) is 10.6 Å². The topological polar surface area (TPSA) is 58.2 Å². The highest BCUT2D eigenvalue weighted by molar-refractivity contribution is 6.20. The van der Waals surface area contributed by atoms with Gasteiger partial charge < -0.3 is 10.6 Å². The summed E-state index contributed by atoms with van der Waals surface area (Å²) in [6.45, 7) is 0. The molecule has 2 N–H and O–H groups in total. The summed E-state index contributed by atoms with van der Waals surface area (Å²) in [5.74, 6) is -0.301. The Morgan fingerprint density at radius 2 is 1.45 bits per heavy atom. The van der Waals surface area contributed by atoms with Crippen LogP contribution in [0.3, 0.4) is 0 Å². The van der Waals surface area contributed by atoms with Crippen molar-refractivity contribution in [2.75, 3.05) is 5.32 Å². The fourth-order valence-corrected chi connectivity index (χ4v) is 2.91. The van der Waals surface area contributed by atoms with E-state index in [1.807, 2.05) is 30.3 Å². The molecule has 0 aliphatic heterocycles. The van der Waals surface area contributed by atoms with Crippen molar-refractivity contribution in [3.05, 3.63) is 53.9 Å². The van der Waals surface area contributed by atoms with Gasteiger partial charge in [-0.05, 0) is 25.0 Å². The molecule has 0 heterocycles. The Hall–Kier alpha value is -2.36. The summed E-state index contributed by atoms with van der Waals surface area (Å²) in [4.78, 5) is 24.4. The van der Waals surface area contributed by atoms with Gasteiger partial charge in [0.2, 0.25) is 11.6 Å². The molecule has 2 aliphatic rings. The third kappa shape index (κ3) is 3.45. The molecule has 0 atom stereocenters. The molecule has 0 spiro atoms. The predicted molar refractivity (Wildman–Crippen MR) is 86.3 cm³/mol. The van der Waals surface area contributed by atoms with Crippen molar-refractivity contribution in [3.8, 4) is 0 Å². The van der Waals surface area contributed by atoms with Crippen molar-refractivity contribution < 1.29 is 9.59 Å². The quantitative estimate of drug-likeness (QED) is 0.839. The molecule has 1 aromatic rings. The molecule has 22 heavy (non-hydrogen) atoms. The van der Waals surface area contributed by atoms with Gasteiger partial charge in [0.05, 0.1) is 11.4 Å². The van der Waals surface area contributed by atoms with Crippen LogP contribution in [0.15, 0.2) is 53.9 Å². The number of hydrogen-bond donors (Lipinski definition) is 2. The fraction of sp³-hybridized carbons (Fsp3) is 0.333. The number of hydrogen-bond acceptors (Lipinski definition) is 4. The summed E-state index contributed by atoms with van der Waals surface area (Å²) in [7, 11) is 0. The normalized spacial score (nSPS) is 19.5. The maximum Gasteiger partial charge on any atom is 0.204 e. The van der Waals surface area contributed by atoms with Gasteiger partial charge in [0.1, 0.15) is 0 Å². The summed E-state index contributed by atoms with van der Waals surface area (Å²) >= 11 is 0. The van der Waals surface area contributed by atoms with E-state index in [4.69, 9.17) is 0 Å². The number of carbonyl (C=O) groups is 2. The highest BCUT2D eigenvalue weighted by Gasteiger charge is 2.23. The second-order valence-electron chi connectivity index (χ2n) is 5.81. The Morgan fingerprint density at radius 3 is 2.18 bits per heavy atom. The first-order valence-corrected chi connectivity index (χ1v) is 7.83. The van der Waals surface area contributed by atoms with E-state index in [9.17, 15) is 9.59 Å². The Morgan fingerprint density at radius 1 is 0.818 bits per heavy atom. The van der Waals surface area contributed by atoms with Gasteiger partial charge in [0.25, 0.3) is 0 Å². The average molecular weight is 296 g/mol. The SMILES string of the molecule is O=C1C=C(NC2CCCCC2)C(=O)C=C1Nc1ccccc1. The van der Waals surface area contributed by atoms with E-state index < -0.39 is 0 Å².